The largest absolute Gasteiger partial charge is 0.368 e. The monoisotopic (exact) mass is 255 g/mol. The summed E-state index contributed by atoms with van der Waals surface area (Å²) in [5.41, 5.74) is 2.08. The van der Waals surface area contributed by atoms with E-state index in [0.717, 1.165) is 34.4 Å². The third-order valence-corrected chi connectivity index (χ3v) is 3.51. The molecule has 4 heteroatoms. The first-order valence-electron chi connectivity index (χ1n) is 5.92. The van der Waals surface area contributed by atoms with Crippen LogP contribution in [0.2, 0.25) is 0 Å². The predicted octanol–water partition coefficient (Wildman–Crippen LogP) is 3.79. The van der Waals surface area contributed by atoms with Gasteiger partial charge in [-0.3, -0.25) is 0 Å². The maximum Gasteiger partial charge on any atom is 0.156 e. The van der Waals surface area contributed by atoms with Gasteiger partial charge in [-0.15, -0.1) is 10.2 Å². The first-order chi connectivity index (χ1) is 8.90. The van der Waals surface area contributed by atoms with Gasteiger partial charge in [-0.25, -0.2) is 0 Å². The quantitative estimate of drug-likeness (QED) is 0.773. The summed E-state index contributed by atoms with van der Waals surface area (Å²) in [6.45, 7) is 2.90. The molecule has 0 unspecified atom stereocenters. The maximum absolute atomic E-state index is 4.36. The standard InChI is InChI=1S/C14H13N3S/c1-2-15-14-12-6-4-3-5-11(12)13(16-17-14)10-7-8-18-9-10/h3-9H,2H2,1H3,(H,15,17). The molecule has 3 aromatic rings. The van der Waals surface area contributed by atoms with Crippen molar-refractivity contribution in [1.29, 1.82) is 0 Å². The van der Waals surface area contributed by atoms with Crippen molar-refractivity contribution < 1.29 is 0 Å². The molecule has 1 aromatic carbocycles. The van der Waals surface area contributed by atoms with Gasteiger partial charge in [0.2, 0.25) is 0 Å². The molecular weight excluding hydrogens is 242 g/mol. The Kier molecular flexibility index (Phi) is 2.94. The molecule has 0 radical (unpaired) electrons. The predicted molar refractivity (Wildman–Crippen MR) is 77.0 cm³/mol. The topological polar surface area (TPSA) is 37.8 Å². The Morgan fingerprint density at radius 1 is 1.11 bits per heavy atom. The van der Waals surface area contributed by atoms with Gasteiger partial charge in [0, 0.05) is 28.3 Å². The second-order valence-corrected chi connectivity index (χ2v) is 4.77. The molecule has 0 aliphatic carbocycles. The first kappa shape index (κ1) is 11.2. The van der Waals surface area contributed by atoms with Crippen molar-refractivity contribution in [3.05, 3.63) is 41.1 Å². The van der Waals surface area contributed by atoms with Crippen molar-refractivity contribution in [2.75, 3.05) is 11.9 Å². The summed E-state index contributed by atoms with van der Waals surface area (Å²) in [6, 6.07) is 10.3. The molecule has 0 aliphatic rings. The highest BCUT2D eigenvalue weighted by Gasteiger charge is 2.10. The molecule has 2 aromatic heterocycles. The third-order valence-electron chi connectivity index (χ3n) is 2.83. The van der Waals surface area contributed by atoms with Crippen LogP contribution in [0.1, 0.15) is 6.92 Å². The van der Waals surface area contributed by atoms with E-state index in [1.165, 1.54) is 0 Å². The van der Waals surface area contributed by atoms with Crippen molar-refractivity contribution in [2.24, 2.45) is 0 Å². The van der Waals surface area contributed by atoms with Crippen LogP contribution in [0.25, 0.3) is 22.0 Å². The van der Waals surface area contributed by atoms with Gasteiger partial charge in [-0.05, 0) is 18.4 Å². The Morgan fingerprint density at radius 3 is 2.67 bits per heavy atom. The number of fused-ring (bicyclic) bond motifs is 1. The van der Waals surface area contributed by atoms with Crippen molar-refractivity contribution in [1.82, 2.24) is 10.2 Å². The van der Waals surface area contributed by atoms with E-state index in [0.29, 0.717) is 0 Å². The van der Waals surface area contributed by atoms with Gasteiger partial charge in [0.1, 0.15) is 5.69 Å². The molecule has 0 saturated heterocycles. The van der Waals surface area contributed by atoms with Gasteiger partial charge in [-0.2, -0.15) is 11.3 Å². The van der Waals surface area contributed by atoms with E-state index in [1.54, 1.807) is 11.3 Å². The lowest BCUT2D eigenvalue weighted by atomic mass is 10.1. The van der Waals surface area contributed by atoms with Crippen LogP contribution in [-0.4, -0.2) is 16.7 Å². The molecule has 0 spiro atoms. The van der Waals surface area contributed by atoms with Crippen molar-refractivity contribution in [3.8, 4) is 11.3 Å². The highest BCUT2D eigenvalue weighted by Crippen LogP contribution is 2.30. The number of hydrogen-bond donors (Lipinski definition) is 1. The highest BCUT2D eigenvalue weighted by atomic mass is 32.1. The van der Waals surface area contributed by atoms with Crippen molar-refractivity contribution in [2.45, 2.75) is 6.92 Å². The summed E-state index contributed by atoms with van der Waals surface area (Å²) in [7, 11) is 0. The van der Waals surface area contributed by atoms with Gasteiger partial charge >= 0.3 is 0 Å². The van der Waals surface area contributed by atoms with Crippen LogP contribution in [0.5, 0.6) is 0 Å². The summed E-state index contributed by atoms with van der Waals surface area (Å²) in [5, 5.41) is 18.3. The summed E-state index contributed by atoms with van der Waals surface area (Å²) < 4.78 is 0. The first-order valence-corrected chi connectivity index (χ1v) is 6.86. The van der Waals surface area contributed by atoms with E-state index in [9.17, 15) is 0 Å². The van der Waals surface area contributed by atoms with Crippen LogP contribution in [0, 0.1) is 0 Å². The van der Waals surface area contributed by atoms with E-state index < -0.39 is 0 Å². The molecule has 1 N–H and O–H groups in total. The number of hydrogen-bond acceptors (Lipinski definition) is 4. The van der Waals surface area contributed by atoms with Crippen LogP contribution in [0.15, 0.2) is 41.1 Å². The average Bonchev–Trinajstić information content (AvgIpc) is 2.93. The minimum Gasteiger partial charge on any atom is -0.368 e. The number of nitrogens with one attached hydrogen (secondary N) is 1. The number of aromatic nitrogens is 2. The van der Waals surface area contributed by atoms with Crippen molar-refractivity contribution in [3.63, 3.8) is 0 Å². The zero-order valence-electron chi connectivity index (χ0n) is 10.1. The Labute approximate surface area is 109 Å². The summed E-state index contributed by atoms with van der Waals surface area (Å²) in [4.78, 5) is 0. The second-order valence-electron chi connectivity index (χ2n) is 3.99. The molecule has 0 amide bonds. The molecule has 0 fully saturated rings. The summed E-state index contributed by atoms with van der Waals surface area (Å²) >= 11 is 1.67. The molecule has 0 saturated carbocycles. The molecule has 18 heavy (non-hydrogen) atoms. The Hall–Kier alpha value is -1.94. The summed E-state index contributed by atoms with van der Waals surface area (Å²) in [6.07, 6.45) is 0. The van der Waals surface area contributed by atoms with E-state index in [-0.39, 0.29) is 0 Å². The van der Waals surface area contributed by atoms with Crippen LogP contribution >= 0.6 is 11.3 Å². The number of rotatable bonds is 3. The molecule has 3 rings (SSSR count). The normalized spacial score (nSPS) is 10.7. The van der Waals surface area contributed by atoms with Gasteiger partial charge in [0.05, 0.1) is 0 Å². The fraction of sp³-hybridized carbons (Fsp3) is 0.143. The van der Waals surface area contributed by atoms with Crippen LogP contribution in [0.3, 0.4) is 0 Å². The number of benzene rings is 1. The van der Waals surface area contributed by atoms with E-state index >= 15 is 0 Å². The van der Waals surface area contributed by atoms with Crippen LogP contribution in [-0.2, 0) is 0 Å². The number of thiophene rings is 1. The van der Waals surface area contributed by atoms with Crippen LogP contribution < -0.4 is 5.32 Å². The third kappa shape index (κ3) is 1.84. The molecular formula is C14H13N3S. The minimum absolute atomic E-state index is 0.844. The Bertz CT molecular complexity index is 662. The molecule has 0 bridgehead atoms. The fourth-order valence-electron chi connectivity index (χ4n) is 2.01. The van der Waals surface area contributed by atoms with Gasteiger partial charge in [-0.1, -0.05) is 24.3 Å². The van der Waals surface area contributed by atoms with E-state index in [4.69, 9.17) is 0 Å². The van der Waals surface area contributed by atoms with E-state index in [2.05, 4.69) is 51.4 Å². The SMILES string of the molecule is CCNc1nnc(-c2ccsc2)c2ccccc12. The zero-order valence-corrected chi connectivity index (χ0v) is 10.9. The van der Waals surface area contributed by atoms with Gasteiger partial charge in [0.15, 0.2) is 5.82 Å². The van der Waals surface area contributed by atoms with Crippen molar-refractivity contribution >= 4 is 27.9 Å². The fourth-order valence-corrected chi connectivity index (χ4v) is 2.65. The van der Waals surface area contributed by atoms with Gasteiger partial charge in [0.25, 0.3) is 0 Å². The minimum atomic E-state index is 0.844. The average molecular weight is 255 g/mol. The number of anilines is 1. The smallest absolute Gasteiger partial charge is 0.156 e. The highest BCUT2D eigenvalue weighted by molar-refractivity contribution is 7.08. The summed E-state index contributed by atoms with van der Waals surface area (Å²) in [5.74, 6) is 0.854. The molecule has 2 heterocycles. The second kappa shape index (κ2) is 4.74. The Balaban J connectivity index is 2.26. The molecule has 90 valence electrons. The van der Waals surface area contributed by atoms with Crippen LogP contribution in [0.4, 0.5) is 5.82 Å². The molecule has 0 atom stereocenters. The lowest BCUT2D eigenvalue weighted by Crippen LogP contribution is -2.02. The maximum atomic E-state index is 4.36. The lowest BCUT2D eigenvalue weighted by molar-refractivity contribution is 1.03. The Morgan fingerprint density at radius 2 is 1.94 bits per heavy atom. The van der Waals surface area contributed by atoms with E-state index in [1.807, 2.05) is 12.1 Å². The molecule has 3 nitrogen and oxygen atoms in total. The molecule has 0 aliphatic heterocycles. The zero-order chi connectivity index (χ0) is 12.4. The number of nitrogens with zero attached hydrogens (tertiary/aromatic N) is 2. The lowest BCUT2D eigenvalue weighted by Gasteiger charge is -2.08. The van der Waals surface area contributed by atoms with Gasteiger partial charge < -0.3 is 5.32 Å².